The number of imidazole rings is 1. The summed E-state index contributed by atoms with van der Waals surface area (Å²) < 4.78 is 7.78. The Kier molecular flexibility index (Phi) is 3.04. The monoisotopic (exact) mass is 340 g/mol. The molecule has 0 N–H and O–H groups in total. The average Bonchev–Trinajstić information content (AvgIpc) is 3.27. The fraction of sp³-hybridized carbons (Fsp3) is 0.0909. The van der Waals surface area contributed by atoms with E-state index < -0.39 is 0 Å². The molecule has 4 heteroatoms. The molecule has 5 rings (SSSR count). The van der Waals surface area contributed by atoms with Crippen LogP contribution in [0.5, 0.6) is 0 Å². The first-order valence-electron chi connectivity index (χ1n) is 8.52. The SMILES string of the molecule is CC(=O)c1ccc(-c2nc3c4ccccc4c4ccccc4c3n2C)o1. The third-order valence-corrected chi connectivity index (χ3v) is 4.92. The number of ketones is 1. The number of carbonyl (C=O) groups is 1. The van der Waals surface area contributed by atoms with Crippen LogP contribution in [0.25, 0.3) is 44.2 Å². The molecule has 0 amide bonds. The largest absolute Gasteiger partial charge is 0.450 e. The molecule has 26 heavy (non-hydrogen) atoms. The van der Waals surface area contributed by atoms with E-state index in [4.69, 9.17) is 9.40 Å². The summed E-state index contributed by atoms with van der Waals surface area (Å²) in [4.78, 5) is 16.5. The quantitative estimate of drug-likeness (QED) is 0.322. The van der Waals surface area contributed by atoms with Gasteiger partial charge in [-0.05, 0) is 22.9 Å². The third-order valence-electron chi connectivity index (χ3n) is 4.92. The molecular weight excluding hydrogens is 324 g/mol. The van der Waals surface area contributed by atoms with Gasteiger partial charge in [-0.15, -0.1) is 0 Å². The molecule has 0 fully saturated rings. The molecule has 0 saturated carbocycles. The van der Waals surface area contributed by atoms with Crippen LogP contribution >= 0.6 is 0 Å². The lowest BCUT2D eigenvalue weighted by molar-refractivity contribution is 0.0988. The Morgan fingerprint density at radius 2 is 1.50 bits per heavy atom. The lowest BCUT2D eigenvalue weighted by Crippen LogP contribution is -1.92. The van der Waals surface area contributed by atoms with Gasteiger partial charge in [-0.3, -0.25) is 4.79 Å². The first kappa shape index (κ1) is 14.9. The molecule has 5 aromatic rings. The highest BCUT2D eigenvalue weighted by molar-refractivity contribution is 6.23. The zero-order valence-corrected chi connectivity index (χ0v) is 14.5. The van der Waals surface area contributed by atoms with Crippen molar-refractivity contribution in [3.63, 3.8) is 0 Å². The van der Waals surface area contributed by atoms with Crippen LogP contribution in [0.2, 0.25) is 0 Å². The lowest BCUT2D eigenvalue weighted by Gasteiger charge is -2.07. The van der Waals surface area contributed by atoms with E-state index in [0.717, 1.165) is 21.8 Å². The van der Waals surface area contributed by atoms with Gasteiger partial charge in [0.25, 0.3) is 0 Å². The fourth-order valence-electron chi connectivity index (χ4n) is 3.71. The molecule has 2 heterocycles. The first-order valence-corrected chi connectivity index (χ1v) is 8.52. The molecule has 0 aliphatic rings. The van der Waals surface area contributed by atoms with Crippen molar-refractivity contribution in [2.24, 2.45) is 7.05 Å². The summed E-state index contributed by atoms with van der Waals surface area (Å²) >= 11 is 0. The Bertz CT molecular complexity index is 1320. The number of hydrogen-bond donors (Lipinski definition) is 0. The van der Waals surface area contributed by atoms with Crippen LogP contribution in [0.3, 0.4) is 0 Å². The van der Waals surface area contributed by atoms with E-state index in [-0.39, 0.29) is 5.78 Å². The number of carbonyl (C=O) groups excluding carboxylic acids is 1. The second kappa shape index (κ2) is 5.30. The maximum atomic E-state index is 11.6. The van der Waals surface area contributed by atoms with Crippen LogP contribution in [0.1, 0.15) is 17.5 Å². The number of Topliss-reactive ketones (excluding diaryl/α,β-unsaturated/α-hetero) is 1. The van der Waals surface area contributed by atoms with Crippen molar-refractivity contribution in [1.82, 2.24) is 9.55 Å². The Balaban J connectivity index is 1.94. The number of hydrogen-bond acceptors (Lipinski definition) is 3. The number of benzene rings is 3. The summed E-state index contributed by atoms with van der Waals surface area (Å²) in [5.41, 5.74) is 2.01. The van der Waals surface area contributed by atoms with Crippen molar-refractivity contribution in [1.29, 1.82) is 0 Å². The van der Waals surface area contributed by atoms with Crippen LogP contribution < -0.4 is 0 Å². The molecule has 3 aromatic carbocycles. The Morgan fingerprint density at radius 3 is 2.15 bits per heavy atom. The van der Waals surface area contributed by atoms with Crippen molar-refractivity contribution < 1.29 is 9.21 Å². The van der Waals surface area contributed by atoms with Crippen molar-refractivity contribution in [2.75, 3.05) is 0 Å². The molecular formula is C22H16N2O2. The van der Waals surface area contributed by atoms with Crippen LogP contribution in [0.15, 0.2) is 65.1 Å². The van der Waals surface area contributed by atoms with Gasteiger partial charge in [0.2, 0.25) is 0 Å². The van der Waals surface area contributed by atoms with E-state index in [9.17, 15) is 4.79 Å². The summed E-state index contributed by atoms with van der Waals surface area (Å²) in [6.45, 7) is 1.50. The summed E-state index contributed by atoms with van der Waals surface area (Å²) in [5.74, 6) is 1.57. The van der Waals surface area contributed by atoms with Gasteiger partial charge in [0.15, 0.2) is 23.1 Å². The molecule has 126 valence electrons. The topological polar surface area (TPSA) is 48.0 Å². The van der Waals surface area contributed by atoms with E-state index in [1.54, 1.807) is 6.07 Å². The molecule has 4 nitrogen and oxygen atoms in total. The predicted molar refractivity (Wildman–Crippen MR) is 103 cm³/mol. The zero-order chi connectivity index (χ0) is 17.8. The summed E-state index contributed by atoms with van der Waals surface area (Å²) in [6.07, 6.45) is 0. The molecule has 0 saturated heterocycles. The Hall–Kier alpha value is -3.40. The first-order chi connectivity index (χ1) is 12.6. The van der Waals surface area contributed by atoms with Crippen molar-refractivity contribution >= 4 is 38.4 Å². The van der Waals surface area contributed by atoms with Gasteiger partial charge >= 0.3 is 0 Å². The molecule has 0 aliphatic carbocycles. The highest BCUT2D eigenvalue weighted by Gasteiger charge is 2.19. The third kappa shape index (κ3) is 1.96. The van der Waals surface area contributed by atoms with E-state index in [1.807, 2.05) is 29.8 Å². The minimum atomic E-state index is -0.0917. The molecule has 2 aromatic heterocycles. The molecule has 0 unspecified atom stereocenters. The number of aromatic nitrogens is 2. The van der Waals surface area contributed by atoms with Gasteiger partial charge in [0.1, 0.15) is 0 Å². The van der Waals surface area contributed by atoms with E-state index in [1.165, 1.54) is 17.7 Å². The number of fused-ring (bicyclic) bond motifs is 6. The predicted octanol–water partition coefficient (Wildman–Crippen LogP) is 5.34. The lowest BCUT2D eigenvalue weighted by atomic mass is 10.00. The maximum absolute atomic E-state index is 11.6. The summed E-state index contributed by atoms with van der Waals surface area (Å²) in [7, 11) is 1.99. The van der Waals surface area contributed by atoms with E-state index in [2.05, 4.69) is 36.4 Å². The summed E-state index contributed by atoms with van der Waals surface area (Å²) in [6, 6.07) is 20.2. The van der Waals surface area contributed by atoms with Crippen LogP contribution in [0, 0.1) is 0 Å². The van der Waals surface area contributed by atoms with E-state index in [0.29, 0.717) is 17.3 Å². The summed E-state index contributed by atoms with van der Waals surface area (Å²) in [5, 5.41) is 4.65. The van der Waals surface area contributed by atoms with Crippen LogP contribution in [0.4, 0.5) is 0 Å². The fourth-order valence-corrected chi connectivity index (χ4v) is 3.71. The minimum absolute atomic E-state index is 0.0917. The molecule has 0 spiro atoms. The Morgan fingerprint density at radius 1 is 0.885 bits per heavy atom. The maximum Gasteiger partial charge on any atom is 0.194 e. The Labute approximate surface area is 149 Å². The zero-order valence-electron chi connectivity index (χ0n) is 14.5. The normalized spacial score (nSPS) is 11.6. The van der Waals surface area contributed by atoms with Gasteiger partial charge in [0, 0.05) is 24.7 Å². The van der Waals surface area contributed by atoms with Crippen molar-refractivity contribution in [2.45, 2.75) is 6.92 Å². The van der Waals surface area contributed by atoms with Gasteiger partial charge in [-0.2, -0.15) is 0 Å². The van der Waals surface area contributed by atoms with Crippen LogP contribution in [-0.2, 0) is 7.05 Å². The molecule has 0 bridgehead atoms. The number of rotatable bonds is 2. The standard InChI is InChI=1S/C22H16N2O2/c1-13(25)18-11-12-19(26-18)22-23-20-16-9-5-3-7-14(16)15-8-4-6-10-17(15)21(20)24(22)2/h3-12H,1-2H3. The second-order valence-electron chi connectivity index (χ2n) is 6.50. The molecule has 0 aliphatic heterocycles. The smallest absolute Gasteiger partial charge is 0.194 e. The highest BCUT2D eigenvalue weighted by atomic mass is 16.3. The average molecular weight is 340 g/mol. The minimum Gasteiger partial charge on any atom is -0.450 e. The number of nitrogens with zero attached hydrogens (tertiary/aromatic N) is 2. The highest BCUT2D eigenvalue weighted by Crippen LogP contribution is 2.36. The second-order valence-corrected chi connectivity index (χ2v) is 6.50. The van der Waals surface area contributed by atoms with Gasteiger partial charge in [0.05, 0.1) is 11.0 Å². The van der Waals surface area contributed by atoms with Gasteiger partial charge < -0.3 is 8.98 Å². The van der Waals surface area contributed by atoms with Gasteiger partial charge in [-0.1, -0.05) is 48.5 Å². The number of furan rings is 1. The van der Waals surface area contributed by atoms with Gasteiger partial charge in [-0.25, -0.2) is 4.98 Å². The van der Waals surface area contributed by atoms with Crippen LogP contribution in [-0.4, -0.2) is 15.3 Å². The number of aryl methyl sites for hydroxylation is 1. The van der Waals surface area contributed by atoms with E-state index >= 15 is 0 Å². The van der Waals surface area contributed by atoms with Crippen molar-refractivity contribution in [3.8, 4) is 11.6 Å². The molecule has 0 radical (unpaired) electrons. The van der Waals surface area contributed by atoms with Crippen molar-refractivity contribution in [3.05, 3.63) is 66.4 Å². The molecule has 0 atom stereocenters.